The largest absolute Gasteiger partial charge is 0.508 e. The van der Waals surface area contributed by atoms with Gasteiger partial charge in [0.25, 0.3) is 0 Å². The van der Waals surface area contributed by atoms with Crippen LogP contribution in [0.1, 0.15) is 63.0 Å². The lowest BCUT2D eigenvalue weighted by molar-refractivity contribution is -0.137. The minimum absolute atomic E-state index is 0.0741. The third kappa shape index (κ3) is 5.74. The number of alkyl halides is 3. The second kappa shape index (κ2) is 12.4. The lowest BCUT2D eigenvalue weighted by Crippen LogP contribution is -2.62. The summed E-state index contributed by atoms with van der Waals surface area (Å²) in [6, 6.07) is 6.07. The van der Waals surface area contributed by atoms with E-state index in [2.05, 4.69) is 15.2 Å². The van der Waals surface area contributed by atoms with Crippen LogP contribution in [0.5, 0.6) is 11.8 Å². The number of aryl methyl sites for hydroxylation is 1. The van der Waals surface area contributed by atoms with Gasteiger partial charge in [0.2, 0.25) is 0 Å². The van der Waals surface area contributed by atoms with Crippen molar-refractivity contribution in [2.45, 2.75) is 82.1 Å². The average molecular weight is 724 g/mol. The van der Waals surface area contributed by atoms with Crippen molar-refractivity contribution in [3.63, 3.8) is 0 Å². The first-order valence-corrected chi connectivity index (χ1v) is 18.5. The molecule has 5 aliphatic rings. The summed E-state index contributed by atoms with van der Waals surface area (Å²) < 4.78 is 90.0. The number of fused-ring (bicyclic) bond motifs is 4. The van der Waals surface area contributed by atoms with Crippen molar-refractivity contribution in [2.24, 2.45) is 5.41 Å². The Balaban J connectivity index is 1.18. The Bertz CT molecular complexity index is 2050. The molecule has 5 fully saturated rings. The molecule has 2 unspecified atom stereocenters. The van der Waals surface area contributed by atoms with Crippen LogP contribution in [0, 0.1) is 17.0 Å². The van der Waals surface area contributed by atoms with Crippen molar-refractivity contribution >= 4 is 27.5 Å². The minimum atomic E-state index is -5.01. The summed E-state index contributed by atoms with van der Waals surface area (Å²) in [5.74, 6) is -2.02. The molecule has 0 amide bonds. The van der Waals surface area contributed by atoms with Gasteiger partial charge in [-0.3, -0.25) is 4.90 Å². The minimum Gasteiger partial charge on any atom is -0.508 e. The van der Waals surface area contributed by atoms with Crippen LogP contribution in [0.2, 0.25) is 0 Å². The molecular formula is C39H42F5N5O3. The molecular weight excluding hydrogens is 681 g/mol. The van der Waals surface area contributed by atoms with E-state index in [-0.39, 0.29) is 74.5 Å². The third-order valence-electron chi connectivity index (χ3n) is 12.3. The fourth-order valence-corrected chi connectivity index (χ4v) is 9.20. The number of aromatic hydroxyl groups is 1. The smallest absolute Gasteiger partial charge is 0.417 e. The summed E-state index contributed by atoms with van der Waals surface area (Å²) in [6.07, 6.45) is 2.28. The van der Waals surface area contributed by atoms with E-state index >= 15 is 22.0 Å². The van der Waals surface area contributed by atoms with Gasteiger partial charge in [-0.25, -0.2) is 8.78 Å². The van der Waals surface area contributed by atoms with E-state index in [4.69, 9.17) is 14.5 Å². The lowest BCUT2D eigenvalue weighted by atomic mass is 9.74. The molecule has 3 aliphatic heterocycles. The van der Waals surface area contributed by atoms with Crippen LogP contribution >= 0.6 is 0 Å². The van der Waals surface area contributed by atoms with Gasteiger partial charge in [0.05, 0.1) is 25.4 Å². The maximum Gasteiger partial charge on any atom is 0.417 e. The second-order valence-electron chi connectivity index (χ2n) is 15.7. The Morgan fingerprint density at radius 1 is 1.04 bits per heavy atom. The fourth-order valence-electron chi connectivity index (χ4n) is 9.20. The predicted molar refractivity (Wildman–Crippen MR) is 187 cm³/mol. The number of hydrogen-bond donors (Lipinski definition) is 2. The molecule has 2 aliphatic carbocycles. The third-order valence-corrected chi connectivity index (χ3v) is 12.3. The number of nitrogens with zero attached hydrogens (tertiary/aromatic N) is 4. The van der Waals surface area contributed by atoms with E-state index in [1.165, 1.54) is 24.6 Å². The van der Waals surface area contributed by atoms with Crippen LogP contribution in [-0.2, 0) is 17.3 Å². The average Bonchev–Trinajstić information content (AvgIpc) is 3.79. The van der Waals surface area contributed by atoms with Crippen molar-refractivity contribution in [1.29, 1.82) is 0 Å². The zero-order valence-electron chi connectivity index (χ0n) is 29.1. The molecule has 276 valence electrons. The van der Waals surface area contributed by atoms with E-state index in [9.17, 15) is 5.11 Å². The van der Waals surface area contributed by atoms with Crippen molar-refractivity contribution < 1.29 is 36.5 Å². The zero-order valence-corrected chi connectivity index (χ0v) is 29.1. The molecule has 0 radical (unpaired) electrons. The number of benzene rings is 3. The Morgan fingerprint density at radius 3 is 2.48 bits per heavy atom. The zero-order chi connectivity index (χ0) is 36.0. The van der Waals surface area contributed by atoms with E-state index < -0.39 is 28.9 Å². The quantitative estimate of drug-likeness (QED) is 0.183. The highest BCUT2D eigenvalue weighted by Crippen LogP contribution is 2.51. The van der Waals surface area contributed by atoms with Gasteiger partial charge in [-0.2, -0.15) is 23.1 Å². The molecule has 1 spiro atoms. The van der Waals surface area contributed by atoms with Crippen LogP contribution in [0.4, 0.5) is 27.8 Å². The van der Waals surface area contributed by atoms with Gasteiger partial charge in [-0.05, 0) is 97.5 Å². The molecule has 4 heterocycles. The number of phenolic OH excluding ortho intramolecular Hbond substituents is 1. The summed E-state index contributed by atoms with van der Waals surface area (Å²) in [5, 5.41) is 14.5. The maximum absolute atomic E-state index is 17.3. The molecule has 2 bridgehead atoms. The highest BCUT2D eigenvalue weighted by atomic mass is 19.4. The fraction of sp³-hybridized carbons (Fsp3) is 0.538. The molecule has 2 N–H and O–H groups in total. The Kier molecular flexibility index (Phi) is 8.09. The Hall–Kier alpha value is -3.81. The van der Waals surface area contributed by atoms with Crippen LogP contribution in [0.25, 0.3) is 32.8 Å². The SMILES string of the molecule is CCc1c(F)ccc2cc(O)cc(-c3c(C(F)(F)F)cc4c(N5CC6CCC(C5)N6)nc(OCC5(CN6CCOCC67CCC7)CC5)nc4c3F)c12. The van der Waals surface area contributed by atoms with Gasteiger partial charge in [0.15, 0.2) is 5.82 Å². The molecule has 13 heteroatoms. The van der Waals surface area contributed by atoms with Gasteiger partial charge < -0.3 is 24.8 Å². The predicted octanol–water partition coefficient (Wildman–Crippen LogP) is 7.37. The number of phenols is 1. The standard InChI is InChI=1S/C39H42F5N5O3/c1-2-26-30(40)7-4-22-14-25(50)15-27(31(22)26)32-29(39(42,43)44)16-28-34(33(32)41)46-36(47-35(28)48-17-23-5-6-24(18-48)45-23)52-20-37(10-11-37)19-49-12-13-51-21-38(49)8-3-9-38/h4,7,14-16,23-24,45,50H,2-3,5-6,8-13,17-21H2,1H3. The number of anilines is 1. The van der Waals surface area contributed by atoms with Crippen molar-refractivity contribution in [2.75, 3.05) is 50.9 Å². The monoisotopic (exact) mass is 723 g/mol. The van der Waals surface area contributed by atoms with Gasteiger partial charge >= 0.3 is 12.2 Å². The van der Waals surface area contributed by atoms with E-state index in [0.29, 0.717) is 31.7 Å². The summed E-state index contributed by atoms with van der Waals surface area (Å²) in [4.78, 5) is 13.7. The number of ether oxygens (including phenoxy) is 2. The molecule has 8 nitrogen and oxygen atoms in total. The molecule has 9 rings (SSSR count). The first-order valence-electron chi connectivity index (χ1n) is 18.5. The molecule has 3 aromatic carbocycles. The number of morpholine rings is 1. The molecule has 52 heavy (non-hydrogen) atoms. The lowest BCUT2D eigenvalue weighted by Gasteiger charge is -2.53. The Labute approximate surface area is 298 Å². The maximum atomic E-state index is 17.3. The number of aromatic nitrogens is 2. The number of halogens is 5. The van der Waals surface area contributed by atoms with Crippen LogP contribution in [0.15, 0.2) is 30.3 Å². The highest BCUT2D eigenvalue weighted by Gasteiger charge is 2.52. The van der Waals surface area contributed by atoms with Crippen molar-refractivity contribution in [1.82, 2.24) is 20.2 Å². The van der Waals surface area contributed by atoms with Gasteiger partial charge in [-0.1, -0.05) is 13.0 Å². The molecule has 4 aromatic rings. The van der Waals surface area contributed by atoms with Gasteiger partial charge in [0.1, 0.15) is 22.9 Å². The van der Waals surface area contributed by atoms with E-state index in [1.54, 1.807) is 6.92 Å². The van der Waals surface area contributed by atoms with Crippen LogP contribution in [-0.4, -0.2) is 83.6 Å². The van der Waals surface area contributed by atoms with E-state index in [1.807, 2.05) is 4.90 Å². The summed E-state index contributed by atoms with van der Waals surface area (Å²) >= 11 is 0. The second-order valence-corrected chi connectivity index (χ2v) is 15.7. The first-order chi connectivity index (χ1) is 25.0. The first kappa shape index (κ1) is 34.0. The number of hydrogen-bond acceptors (Lipinski definition) is 8. The van der Waals surface area contributed by atoms with Crippen molar-refractivity contribution in [3.05, 3.63) is 53.1 Å². The van der Waals surface area contributed by atoms with Crippen molar-refractivity contribution in [3.8, 4) is 22.9 Å². The summed E-state index contributed by atoms with van der Waals surface area (Å²) in [7, 11) is 0. The molecule has 2 atom stereocenters. The summed E-state index contributed by atoms with van der Waals surface area (Å²) in [5.41, 5.74) is -2.54. The molecule has 1 aromatic heterocycles. The van der Waals surface area contributed by atoms with Gasteiger partial charge in [-0.15, -0.1) is 0 Å². The molecule has 3 saturated heterocycles. The summed E-state index contributed by atoms with van der Waals surface area (Å²) in [6.45, 7) is 6.07. The topological polar surface area (TPSA) is 83.0 Å². The normalized spacial score (nSPS) is 23.8. The highest BCUT2D eigenvalue weighted by molar-refractivity contribution is 6.04. The van der Waals surface area contributed by atoms with Gasteiger partial charge in [0, 0.05) is 60.2 Å². The van der Waals surface area contributed by atoms with E-state index in [0.717, 1.165) is 70.4 Å². The number of nitrogens with one attached hydrogen (secondary N) is 1. The van der Waals surface area contributed by atoms with Crippen LogP contribution in [0.3, 0.4) is 0 Å². The number of piperazine rings is 1. The number of rotatable bonds is 8. The van der Waals surface area contributed by atoms with Crippen LogP contribution < -0.4 is 15.0 Å². The Morgan fingerprint density at radius 2 is 1.81 bits per heavy atom. The molecule has 2 saturated carbocycles.